The number of fused-ring (bicyclic) bond motifs is 2. The molecule has 106 valence electrons. The maximum absolute atomic E-state index is 6.36. The first-order chi connectivity index (χ1) is 9.65. The van der Waals surface area contributed by atoms with Gasteiger partial charge in [-0.05, 0) is 37.0 Å². The van der Waals surface area contributed by atoms with Crippen LogP contribution in [0.3, 0.4) is 0 Å². The fraction of sp³-hybridized carbons (Fsp3) is 0.529. The smallest absolute Gasteiger partial charge is 0.168 e. The lowest BCUT2D eigenvalue weighted by molar-refractivity contribution is -0.183. The van der Waals surface area contributed by atoms with Crippen LogP contribution < -0.4 is 0 Å². The van der Waals surface area contributed by atoms with Gasteiger partial charge in [0.25, 0.3) is 0 Å². The zero-order chi connectivity index (χ0) is 13.8. The molecule has 1 aliphatic heterocycles. The molecule has 1 aromatic rings. The van der Waals surface area contributed by atoms with Gasteiger partial charge in [-0.25, -0.2) is 0 Å². The summed E-state index contributed by atoms with van der Waals surface area (Å²) in [4.78, 5) is 0. The first kappa shape index (κ1) is 12.9. The first-order valence-electron chi connectivity index (χ1n) is 7.41. The summed E-state index contributed by atoms with van der Waals surface area (Å²) in [5.41, 5.74) is 4.21. The summed E-state index contributed by atoms with van der Waals surface area (Å²) in [6, 6.07) is 6.29. The molecule has 3 heteroatoms. The zero-order valence-corrected chi connectivity index (χ0v) is 12.5. The van der Waals surface area contributed by atoms with Crippen LogP contribution in [0.1, 0.15) is 43.7 Å². The van der Waals surface area contributed by atoms with Crippen molar-refractivity contribution >= 4 is 17.7 Å². The van der Waals surface area contributed by atoms with E-state index in [-0.39, 0.29) is 11.2 Å². The van der Waals surface area contributed by atoms with Gasteiger partial charge < -0.3 is 9.47 Å². The maximum Gasteiger partial charge on any atom is 0.168 e. The average Bonchev–Trinajstić information content (AvgIpc) is 3.00. The van der Waals surface area contributed by atoms with Gasteiger partial charge in [0.1, 0.15) is 0 Å². The number of allylic oxidation sites excluding steroid dienone is 1. The molecular formula is C17H19ClO2. The van der Waals surface area contributed by atoms with E-state index in [4.69, 9.17) is 21.1 Å². The summed E-state index contributed by atoms with van der Waals surface area (Å²) >= 11 is 6.36. The minimum absolute atomic E-state index is 0.154. The van der Waals surface area contributed by atoms with Crippen molar-refractivity contribution in [3.63, 3.8) is 0 Å². The fourth-order valence-electron chi connectivity index (χ4n) is 4.18. The molecule has 2 fully saturated rings. The highest BCUT2D eigenvalue weighted by atomic mass is 35.5. The molecule has 1 saturated carbocycles. The van der Waals surface area contributed by atoms with Crippen LogP contribution in [0.5, 0.6) is 0 Å². The molecule has 3 aliphatic rings. The molecule has 1 saturated heterocycles. The third-order valence-corrected chi connectivity index (χ3v) is 5.69. The maximum atomic E-state index is 6.36. The molecule has 0 bridgehead atoms. The Hall–Kier alpha value is -0.830. The molecule has 1 aromatic carbocycles. The standard InChI is InChI=1S/C17H19ClO2/c1-12-11-13-14(3-2-4-15(13)18)16(12)5-7-17(8-6-16)19-9-10-20-17/h2-4,11H,5-10H2,1H3. The van der Waals surface area contributed by atoms with Crippen LogP contribution in [0.25, 0.3) is 6.08 Å². The van der Waals surface area contributed by atoms with Gasteiger partial charge in [0.15, 0.2) is 5.79 Å². The quantitative estimate of drug-likeness (QED) is 0.709. The Morgan fingerprint density at radius 1 is 1.05 bits per heavy atom. The minimum Gasteiger partial charge on any atom is -0.348 e. The summed E-state index contributed by atoms with van der Waals surface area (Å²) in [6.07, 6.45) is 6.39. The molecule has 0 aromatic heterocycles. The Morgan fingerprint density at radius 2 is 1.75 bits per heavy atom. The third kappa shape index (κ3) is 1.65. The second kappa shape index (κ2) is 4.33. The Morgan fingerprint density at radius 3 is 2.45 bits per heavy atom. The SMILES string of the molecule is CC1=Cc2c(Cl)cccc2C12CCC1(CC2)OCCO1. The van der Waals surface area contributed by atoms with Crippen LogP contribution in [0.4, 0.5) is 0 Å². The van der Waals surface area contributed by atoms with E-state index in [1.807, 2.05) is 6.07 Å². The van der Waals surface area contributed by atoms with E-state index >= 15 is 0 Å². The monoisotopic (exact) mass is 290 g/mol. The van der Waals surface area contributed by atoms with Crippen molar-refractivity contribution in [3.8, 4) is 0 Å². The normalized spacial score (nSPS) is 26.0. The van der Waals surface area contributed by atoms with E-state index in [2.05, 4.69) is 25.1 Å². The molecule has 0 amide bonds. The van der Waals surface area contributed by atoms with Gasteiger partial charge in [0.2, 0.25) is 0 Å². The second-order valence-corrected chi connectivity index (χ2v) is 6.63. The molecule has 0 radical (unpaired) electrons. The van der Waals surface area contributed by atoms with Crippen LogP contribution in [0.15, 0.2) is 23.8 Å². The van der Waals surface area contributed by atoms with Gasteiger partial charge in [-0.3, -0.25) is 0 Å². The molecular weight excluding hydrogens is 272 g/mol. The summed E-state index contributed by atoms with van der Waals surface area (Å²) in [7, 11) is 0. The molecule has 0 unspecified atom stereocenters. The predicted octanol–water partition coefficient (Wildman–Crippen LogP) is 4.31. The average molecular weight is 291 g/mol. The van der Waals surface area contributed by atoms with Crippen LogP contribution in [0.2, 0.25) is 5.02 Å². The van der Waals surface area contributed by atoms with Crippen molar-refractivity contribution in [1.29, 1.82) is 0 Å². The highest BCUT2D eigenvalue weighted by molar-refractivity contribution is 6.32. The lowest BCUT2D eigenvalue weighted by Gasteiger charge is -2.43. The molecule has 0 atom stereocenters. The topological polar surface area (TPSA) is 18.5 Å². The van der Waals surface area contributed by atoms with Crippen molar-refractivity contribution in [2.45, 2.75) is 43.8 Å². The van der Waals surface area contributed by atoms with Crippen molar-refractivity contribution in [1.82, 2.24) is 0 Å². The molecule has 2 spiro atoms. The predicted molar refractivity (Wildman–Crippen MR) is 79.9 cm³/mol. The largest absolute Gasteiger partial charge is 0.348 e. The Bertz CT molecular complexity index is 575. The van der Waals surface area contributed by atoms with E-state index < -0.39 is 0 Å². The lowest BCUT2D eigenvalue weighted by atomic mass is 9.66. The molecule has 20 heavy (non-hydrogen) atoms. The number of hydrogen-bond acceptors (Lipinski definition) is 2. The molecule has 0 N–H and O–H groups in total. The number of benzene rings is 1. The number of ether oxygens (including phenoxy) is 2. The van der Waals surface area contributed by atoms with E-state index in [0.29, 0.717) is 0 Å². The Labute approximate surface area is 124 Å². The van der Waals surface area contributed by atoms with Gasteiger partial charge in [-0.15, -0.1) is 0 Å². The van der Waals surface area contributed by atoms with Crippen LogP contribution in [0, 0.1) is 0 Å². The van der Waals surface area contributed by atoms with Crippen molar-refractivity contribution < 1.29 is 9.47 Å². The van der Waals surface area contributed by atoms with Gasteiger partial charge in [0, 0.05) is 23.3 Å². The number of halogens is 1. The van der Waals surface area contributed by atoms with E-state index in [0.717, 1.165) is 43.9 Å². The fourth-order valence-corrected chi connectivity index (χ4v) is 4.40. The van der Waals surface area contributed by atoms with Gasteiger partial charge in [-0.1, -0.05) is 35.4 Å². The van der Waals surface area contributed by atoms with Crippen molar-refractivity contribution in [2.24, 2.45) is 0 Å². The summed E-state index contributed by atoms with van der Waals surface area (Å²) in [5.74, 6) is -0.299. The van der Waals surface area contributed by atoms with E-state index in [1.54, 1.807) is 0 Å². The third-order valence-electron chi connectivity index (χ3n) is 5.36. The number of rotatable bonds is 0. The summed E-state index contributed by atoms with van der Waals surface area (Å²) in [5, 5.41) is 0.868. The molecule has 2 aliphatic carbocycles. The van der Waals surface area contributed by atoms with Crippen LogP contribution in [-0.4, -0.2) is 19.0 Å². The van der Waals surface area contributed by atoms with Crippen molar-refractivity contribution in [2.75, 3.05) is 13.2 Å². The van der Waals surface area contributed by atoms with E-state index in [1.165, 1.54) is 16.7 Å². The summed E-state index contributed by atoms with van der Waals surface area (Å²) in [6.45, 7) is 3.72. The Balaban J connectivity index is 1.70. The van der Waals surface area contributed by atoms with Crippen LogP contribution >= 0.6 is 11.6 Å². The minimum atomic E-state index is -0.299. The highest BCUT2D eigenvalue weighted by Crippen LogP contribution is 2.55. The van der Waals surface area contributed by atoms with E-state index in [9.17, 15) is 0 Å². The second-order valence-electron chi connectivity index (χ2n) is 6.22. The molecule has 2 nitrogen and oxygen atoms in total. The lowest BCUT2D eigenvalue weighted by Crippen LogP contribution is -2.42. The van der Waals surface area contributed by atoms with Gasteiger partial charge in [-0.2, -0.15) is 0 Å². The van der Waals surface area contributed by atoms with Gasteiger partial charge >= 0.3 is 0 Å². The molecule has 4 rings (SSSR count). The number of hydrogen-bond donors (Lipinski definition) is 0. The zero-order valence-electron chi connectivity index (χ0n) is 11.7. The van der Waals surface area contributed by atoms with Crippen molar-refractivity contribution in [3.05, 3.63) is 39.9 Å². The van der Waals surface area contributed by atoms with Gasteiger partial charge in [0.05, 0.1) is 13.2 Å². The molecule has 1 heterocycles. The first-order valence-corrected chi connectivity index (χ1v) is 7.79. The van der Waals surface area contributed by atoms with Crippen LogP contribution in [-0.2, 0) is 14.9 Å². The highest BCUT2D eigenvalue weighted by Gasteiger charge is 2.49. The summed E-state index contributed by atoms with van der Waals surface area (Å²) < 4.78 is 11.7. The Kier molecular flexibility index (Phi) is 2.79.